The number of amides is 1. The van der Waals surface area contributed by atoms with E-state index in [9.17, 15) is 15.0 Å². The minimum Gasteiger partial charge on any atom is -0.504 e. The Morgan fingerprint density at radius 2 is 1.97 bits per heavy atom. The maximum Gasteiger partial charge on any atom is 0.260 e. The van der Waals surface area contributed by atoms with E-state index in [1.807, 2.05) is 24.3 Å². The van der Waals surface area contributed by atoms with Crippen molar-refractivity contribution in [3.05, 3.63) is 64.4 Å². The normalized spacial score (nSPS) is 21.4. The van der Waals surface area contributed by atoms with E-state index in [0.717, 1.165) is 11.1 Å². The van der Waals surface area contributed by atoms with Crippen LogP contribution < -0.4 is 10.1 Å². The number of benzene rings is 2. The third-order valence-electron chi connectivity index (χ3n) is 5.72. The summed E-state index contributed by atoms with van der Waals surface area (Å²) in [5.74, 6) is -0.701. The number of nitrogens with zero attached hydrogens (tertiary/aromatic N) is 1. The van der Waals surface area contributed by atoms with Crippen LogP contribution in [-0.2, 0) is 9.53 Å². The van der Waals surface area contributed by atoms with Gasteiger partial charge in [-0.2, -0.15) is 0 Å². The number of hydrogen-bond acceptors (Lipinski definition) is 7. The SMILES string of the molecule is COc1cc(/C(O)=C2/C(=O)Nc3cc(Cl)c(-c4ccc([C@H]5COC[C@@H]5O)cc4)cc32)on1. The van der Waals surface area contributed by atoms with Gasteiger partial charge in [0.15, 0.2) is 5.76 Å². The third kappa shape index (κ3) is 3.42. The highest BCUT2D eigenvalue weighted by Crippen LogP contribution is 2.42. The Bertz CT molecular complexity index is 1230. The van der Waals surface area contributed by atoms with Crippen LogP contribution in [0, 0.1) is 0 Å². The second kappa shape index (κ2) is 7.98. The highest BCUT2D eigenvalue weighted by molar-refractivity contribution is 6.38. The van der Waals surface area contributed by atoms with Crippen molar-refractivity contribution in [3.63, 3.8) is 0 Å². The summed E-state index contributed by atoms with van der Waals surface area (Å²) in [6.45, 7) is 0.813. The number of aliphatic hydroxyl groups is 2. The summed E-state index contributed by atoms with van der Waals surface area (Å²) in [7, 11) is 1.42. The van der Waals surface area contributed by atoms with E-state index in [4.69, 9.17) is 25.6 Å². The zero-order valence-corrected chi connectivity index (χ0v) is 17.7. The van der Waals surface area contributed by atoms with Crippen LogP contribution in [0.2, 0.25) is 5.02 Å². The minimum absolute atomic E-state index is 0.0121. The fourth-order valence-corrected chi connectivity index (χ4v) is 4.28. The van der Waals surface area contributed by atoms with Crippen molar-refractivity contribution in [2.75, 3.05) is 25.6 Å². The molecule has 9 heteroatoms. The Hall–Kier alpha value is -3.33. The van der Waals surface area contributed by atoms with Crippen LogP contribution in [0.5, 0.6) is 5.88 Å². The maximum absolute atomic E-state index is 12.6. The molecule has 0 unspecified atom stereocenters. The fourth-order valence-electron chi connectivity index (χ4n) is 4.01. The second-order valence-electron chi connectivity index (χ2n) is 7.62. The summed E-state index contributed by atoms with van der Waals surface area (Å²) in [4.78, 5) is 12.6. The topological polar surface area (TPSA) is 114 Å². The van der Waals surface area contributed by atoms with Crippen molar-refractivity contribution < 1.29 is 29.0 Å². The Balaban J connectivity index is 1.54. The molecule has 3 aromatic rings. The molecule has 1 aromatic heterocycles. The van der Waals surface area contributed by atoms with Gasteiger partial charge in [0.25, 0.3) is 11.8 Å². The summed E-state index contributed by atoms with van der Waals surface area (Å²) < 4.78 is 15.4. The van der Waals surface area contributed by atoms with Gasteiger partial charge in [0, 0.05) is 17.0 Å². The molecule has 0 bridgehead atoms. The molecule has 0 radical (unpaired) electrons. The molecular weight excluding hydrogens is 436 g/mol. The first-order chi connectivity index (χ1) is 15.5. The van der Waals surface area contributed by atoms with Crippen LogP contribution in [0.1, 0.15) is 22.8 Å². The molecule has 2 aliphatic heterocycles. The first-order valence-corrected chi connectivity index (χ1v) is 10.3. The van der Waals surface area contributed by atoms with E-state index in [-0.39, 0.29) is 28.9 Å². The van der Waals surface area contributed by atoms with Crippen molar-refractivity contribution in [1.29, 1.82) is 0 Å². The molecule has 164 valence electrons. The number of fused-ring (bicyclic) bond motifs is 1. The van der Waals surface area contributed by atoms with Gasteiger partial charge in [0.05, 0.1) is 48.8 Å². The van der Waals surface area contributed by atoms with Gasteiger partial charge in [0.2, 0.25) is 5.76 Å². The standard InChI is InChI=1S/C23H19ClN2O6/c1-30-20-8-19(32-26-20)22(28)21-14-6-13(16(24)7-17(14)25-23(21)29)11-2-4-12(5-3-11)15-9-31-10-18(15)27/h2-8,15,18,27-28H,9-10H2,1H3,(H,25,29)/b22-21-/t15-,18+/m1/s1. The maximum atomic E-state index is 12.6. The number of aliphatic hydroxyl groups excluding tert-OH is 2. The molecule has 3 heterocycles. The highest BCUT2D eigenvalue weighted by atomic mass is 35.5. The molecule has 1 saturated heterocycles. The van der Waals surface area contributed by atoms with Gasteiger partial charge >= 0.3 is 0 Å². The number of carbonyl (C=O) groups is 1. The average Bonchev–Trinajstić information content (AvgIpc) is 3.51. The Kier molecular flexibility index (Phi) is 5.13. The van der Waals surface area contributed by atoms with Crippen molar-refractivity contribution in [3.8, 4) is 17.0 Å². The van der Waals surface area contributed by atoms with E-state index >= 15 is 0 Å². The summed E-state index contributed by atoms with van der Waals surface area (Å²) in [6, 6.07) is 12.5. The quantitative estimate of drug-likeness (QED) is 0.405. The van der Waals surface area contributed by atoms with Gasteiger partial charge in [-0.1, -0.05) is 35.9 Å². The Morgan fingerprint density at radius 1 is 1.19 bits per heavy atom. The molecule has 32 heavy (non-hydrogen) atoms. The van der Waals surface area contributed by atoms with Crippen molar-refractivity contribution in [2.45, 2.75) is 12.0 Å². The molecule has 2 atom stereocenters. The van der Waals surface area contributed by atoms with E-state index in [0.29, 0.717) is 35.1 Å². The lowest BCUT2D eigenvalue weighted by Gasteiger charge is -2.14. The molecule has 3 N–H and O–H groups in total. The Morgan fingerprint density at radius 3 is 2.62 bits per heavy atom. The lowest BCUT2D eigenvalue weighted by molar-refractivity contribution is -0.110. The largest absolute Gasteiger partial charge is 0.504 e. The number of methoxy groups -OCH3 is 1. The first-order valence-electron chi connectivity index (χ1n) is 9.92. The van der Waals surface area contributed by atoms with Crippen LogP contribution in [-0.4, -0.2) is 47.7 Å². The predicted octanol–water partition coefficient (Wildman–Crippen LogP) is 3.86. The first kappa shape index (κ1) is 20.6. The molecular formula is C23H19ClN2O6. The molecule has 8 nitrogen and oxygen atoms in total. The fraction of sp³-hybridized carbons (Fsp3) is 0.217. The molecule has 2 aliphatic rings. The van der Waals surface area contributed by atoms with E-state index in [1.165, 1.54) is 13.2 Å². The van der Waals surface area contributed by atoms with E-state index < -0.39 is 12.0 Å². The molecule has 2 aromatic carbocycles. The number of halogens is 1. The summed E-state index contributed by atoms with van der Waals surface area (Å²) >= 11 is 6.51. The second-order valence-corrected chi connectivity index (χ2v) is 8.03. The van der Waals surface area contributed by atoms with E-state index in [1.54, 1.807) is 12.1 Å². The number of ether oxygens (including phenoxy) is 2. The van der Waals surface area contributed by atoms with Gasteiger partial charge < -0.3 is 29.5 Å². The lowest BCUT2D eigenvalue weighted by atomic mass is 9.93. The number of aromatic nitrogens is 1. The molecule has 1 amide bonds. The van der Waals surface area contributed by atoms with Crippen LogP contribution in [0.25, 0.3) is 22.5 Å². The monoisotopic (exact) mass is 454 g/mol. The Labute approximate surface area is 188 Å². The van der Waals surface area contributed by atoms with Gasteiger partial charge in [0.1, 0.15) is 0 Å². The van der Waals surface area contributed by atoms with Gasteiger partial charge in [-0.25, -0.2) is 0 Å². The van der Waals surface area contributed by atoms with Gasteiger partial charge in [-0.05, 0) is 28.4 Å². The number of rotatable bonds is 4. The zero-order chi connectivity index (χ0) is 22.4. The highest BCUT2D eigenvalue weighted by Gasteiger charge is 2.31. The van der Waals surface area contributed by atoms with Gasteiger partial charge in [-0.3, -0.25) is 4.79 Å². The smallest absolute Gasteiger partial charge is 0.260 e. The molecule has 0 saturated carbocycles. The number of anilines is 1. The number of nitrogens with one attached hydrogen (secondary N) is 1. The average molecular weight is 455 g/mol. The summed E-state index contributed by atoms with van der Waals surface area (Å²) in [6.07, 6.45) is -0.521. The van der Waals surface area contributed by atoms with Crippen LogP contribution >= 0.6 is 11.6 Å². The van der Waals surface area contributed by atoms with E-state index in [2.05, 4.69) is 10.5 Å². The molecule has 5 rings (SSSR count). The van der Waals surface area contributed by atoms with Crippen LogP contribution in [0.15, 0.2) is 47.0 Å². The van der Waals surface area contributed by atoms with Gasteiger partial charge in [-0.15, -0.1) is 0 Å². The third-order valence-corrected chi connectivity index (χ3v) is 6.03. The van der Waals surface area contributed by atoms with Crippen LogP contribution in [0.3, 0.4) is 0 Å². The molecule has 0 aliphatic carbocycles. The van der Waals surface area contributed by atoms with Crippen LogP contribution in [0.4, 0.5) is 5.69 Å². The number of carbonyl (C=O) groups excluding carboxylic acids is 1. The lowest BCUT2D eigenvalue weighted by Crippen LogP contribution is -2.15. The predicted molar refractivity (Wildman–Crippen MR) is 118 cm³/mol. The summed E-state index contributed by atoms with van der Waals surface area (Å²) in [5.41, 5.74) is 3.53. The zero-order valence-electron chi connectivity index (χ0n) is 17.0. The number of hydrogen-bond donors (Lipinski definition) is 3. The minimum atomic E-state index is -0.521. The van der Waals surface area contributed by atoms with Crippen molar-refractivity contribution in [1.82, 2.24) is 5.16 Å². The molecule has 0 spiro atoms. The van der Waals surface area contributed by atoms with Crippen molar-refractivity contribution in [2.24, 2.45) is 0 Å². The molecule has 1 fully saturated rings. The summed E-state index contributed by atoms with van der Waals surface area (Å²) in [5, 5.41) is 27.6. The van der Waals surface area contributed by atoms with Crippen molar-refractivity contribution >= 4 is 34.5 Å².